The molecule has 7 heteroatoms. The number of carboxylic acid groups (broad SMARTS) is 1. The van der Waals surface area contributed by atoms with Crippen LogP contribution in [0.4, 0.5) is 0 Å². The summed E-state index contributed by atoms with van der Waals surface area (Å²) < 4.78 is 1.57. The predicted octanol–water partition coefficient (Wildman–Crippen LogP) is -1.00. The molecule has 1 aromatic heterocycles. The molecule has 0 bridgehead atoms. The smallest absolute Gasteiger partial charge is 0.328 e. The fraction of sp³-hybridized carbons (Fsp3) is 0.300. The number of hydrogen-bond acceptors (Lipinski definition) is 4. The van der Waals surface area contributed by atoms with Gasteiger partial charge in [0.1, 0.15) is 0 Å². The summed E-state index contributed by atoms with van der Waals surface area (Å²) in [5.74, 6) is -1.87. The van der Waals surface area contributed by atoms with Crippen LogP contribution in [0.3, 0.4) is 0 Å². The van der Waals surface area contributed by atoms with Crippen molar-refractivity contribution in [3.8, 4) is 0 Å². The van der Waals surface area contributed by atoms with E-state index >= 15 is 0 Å². The molecule has 92 valence electrons. The Kier molecular flexibility index (Phi) is 4.41. The van der Waals surface area contributed by atoms with E-state index in [2.05, 4.69) is 10.4 Å². The zero-order valence-electron chi connectivity index (χ0n) is 9.20. The van der Waals surface area contributed by atoms with Crippen LogP contribution >= 0.6 is 0 Å². The van der Waals surface area contributed by atoms with Crippen LogP contribution in [0, 0.1) is 0 Å². The van der Waals surface area contributed by atoms with Crippen molar-refractivity contribution in [3.05, 3.63) is 24.0 Å². The minimum absolute atomic E-state index is 0.588. The van der Waals surface area contributed by atoms with E-state index < -0.39 is 24.5 Å². The molecule has 0 aliphatic heterocycles. The standard InChI is InChI=1S/C10H13N3O4/c1-13-5-7(4-11-13)2-3-9(15)12-8(6-14)10(16)17/h2-5,8,14H,6H2,1H3,(H,12,15)(H,16,17)/b3-2+. The minimum Gasteiger partial charge on any atom is -0.480 e. The molecule has 1 heterocycles. The van der Waals surface area contributed by atoms with E-state index in [1.807, 2.05) is 0 Å². The molecule has 1 unspecified atom stereocenters. The molecule has 0 aliphatic rings. The second kappa shape index (κ2) is 5.80. The lowest BCUT2D eigenvalue weighted by atomic mass is 10.3. The number of aliphatic hydroxyl groups is 1. The second-order valence-corrected chi connectivity index (χ2v) is 3.36. The number of nitrogens with one attached hydrogen (secondary N) is 1. The van der Waals surface area contributed by atoms with Crippen LogP contribution in [-0.4, -0.2) is 44.5 Å². The van der Waals surface area contributed by atoms with Crippen molar-refractivity contribution < 1.29 is 19.8 Å². The van der Waals surface area contributed by atoms with Gasteiger partial charge in [-0.15, -0.1) is 0 Å². The van der Waals surface area contributed by atoms with E-state index in [1.54, 1.807) is 24.1 Å². The lowest BCUT2D eigenvalue weighted by Gasteiger charge is -2.08. The van der Waals surface area contributed by atoms with Crippen LogP contribution in [0.2, 0.25) is 0 Å². The maximum Gasteiger partial charge on any atom is 0.328 e. The van der Waals surface area contributed by atoms with Gasteiger partial charge in [0, 0.05) is 24.9 Å². The summed E-state index contributed by atoms with van der Waals surface area (Å²) >= 11 is 0. The molecule has 0 fully saturated rings. The van der Waals surface area contributed by atoms with Crippen LogP contribution < -0.4 is 5.32 Å². The molecule has 0 saturated heterocycles. The van der Waals surface area contributed by atoms with E-state index in [-0.39, 0.29) is 0 Å². The fourth-order valence-corrected chi connectivity index (χ4v) is 1.10. The number of carbonyl (C=O) groups is 2. The molecule has 17 heavy (non-hydrogen) atoms. The minimum atomic E-state index is -1.29. The Balaban J connectivity index is 2.54. The van der Waals surface area contributed by atoms with E-state index in [0.29, 0.717) is 0 Å². The monoisotopic (exact) mass is 239 g/mol. The molecule has 0 radical (unpaired) electrons. The second-order valence-electron chi connectivity index (χ2n) is 3.36. The highest BCUT2D eigenvalue weighted by Gasteiger charge is 2.16. The maximum absolute atomic E-state index is 11.3. The summed E-state index contributed by atoms with van der Waals surface area (Å²) in [5, 5.41) is 23.3. The summed E-state index contributed by atoms with van der Waals surface area (Å²) in [4.78, 5) is 21.8. The van der Waals surface area contributed by atoms with Crippen LogP contribution in [0.1, 0.15) is 5.56 Å². The Morgan fingerprint density at radius 2 is 2.35 bits per heavy atom. The molecule has 0 aromatic carbocycles. The molecule has 1 rings (SSSR count). The number of aliphatic carboxylic acids is 1. The molecule has 7 nitrogen and oxygen atoms in total. The molecule has 1 atom stereocenters. The summed E-state index contributed by atoms with van der Waals surface area (Å²) in [6, 6.07) is -1.29. The van der Waals surface area contributed by atoms with Gasteiger partial charge in [0.2, 0.25) is 5.91 Å². The van der Waals surface area contributed by atoms with Gasteiger partial charge in [-0.2, -0.15) is 5.10 Å². The molecular weight excluding hydrogens is 226 g/mol. The Morgan fingerprint density at radius 3 is 2.82 bits per heavy atom. The number of hydrogen-bond donors (Lipinski definition) is 3. The number of nitrogens with zero attached hydrogens (tertiary/aromatic N) is 2. The summed E-state index contributed by atoms with van der Waals surface area (Å²) in [6.07, 6.45) is 5.94. The molecule has 0 aliphatic carbocycles. The van der Waals surface area contributed by atoms with Crippen molar-refractivity contribution >= 4 is 18.0 Å². The molecule has 0 spiro atoms. The average Bonchev–Trinajstić information content (AvgIpc) is 2.68. The van der Waals surface area contributed by atoms with E-state index in [4.69, 9.17) is 10.2 Å². The van der Waals surface area contributed by atoms with Gasteiger partial charge in [0.15, 0.2) is 6.04 Å². The Labute approximate surface area is 97.4 Å². The summed E-state index contributed by atoms with van der Waals surface area (Å²) in [5.41, 5.74) is 0.721. The Bertz CT molecular complexity index is 439. The number of aryl methyl sites for hydroxylation is 1. The third kappa shape index (κ3) is 4.07. The first-order valence-electron chi connectivity index (χ1n) is 4.84. The van der Waals surface area contributed by atoms with Crippen LogP contribution in [-0.2, 0) is 16.6 Å². The largest absolute Gasteiger partial charge is 0.480 e. The third-order valence-corrected chi connectivity index (χ3v) is 1.95. The highest BCUT2D eigenvalue weighted by atomic mass is 16.4. The van der Waals surface area contributed by atoms with Crippen molar-refractivity contribution in [2.45, 2.75) is 6.04 Å². The first-order chi connectivity index (χ1) is 8.02. The van der Waals surface area contributed by atoms with E-state index in [0.717, 1.165) is 5.56 Å². The summed E-state index contributed by atoms with van der Waals surface area (Å²) in [6.45, 7) is -0.651. The Morgan fingerprint density at radius 1 is 1.65 bits per heavy atom. The number of carbonyl (C=O) groups excluding carboxylic acids is 1. The van der Waals surface area contributed by atoms with Crippen molar-refractivity contribution in [2.75, 3.05) is 6.61 Å². The number of amides is 1. The maximum atomic E-state index is 11.3. The first kappa shape index (κ1) is 12.9. The van der Waals surface area contributed by atoms with Gasteiger partial charge in [-0.05, 0) is 6.08 Å². The molecule has 3 N–H and O–H groups in total. The van der Waals surface area contributed by atoms with Crippen molar-refractivity contribution in [1.29, 1.82) is 0 Å². The average molecular weight is 239 g/mol. The van der Waals surface area contributed by atoms with Crippen LogP contribution in [0.5, 0.6) is 0 Å². The summed E-state index contributed by atoms with van der Waals surface area (Å²) in [7, 11) is 1.74. The van der Waals surface area contributed by atoms with Crippen LogP contribution in [0.25, 0.3) is 6.08 Å². The number of rotatable bonds is 5. The normalized spacial score (nSPS) is 12.6. The van der Waals surface area contributed by atoms with Gasteiger partial charge in [0.05, 0.1) is 12.8 Å². The predicted molar refractivity (Wildman–Crippen MR) is 58.9 cm³/mol. The lowest BCUT2D eigenvalue weighted by molar-refractivity contribution is -0.142. The van der Waals surface area contributed by atoms with Gasteiger partial charge >= 0.3 is 5.97 Å². The topological polar surface area (TPSA) is 104 Å². The molecular formula is C10H13N3O4. The van der Waals surface area contributed by atoms with Gasteiger partial charge < -0.3 is 15.5 Å². The van der Waals surface area contributed by atoms with Gasteiger partial charge in [-0.1, -0.05) is 0 Å². The lowest BCUT2D eigenvalue weighted by Crippen LogP contribution is -2.42. The van der Waals surface area contributed by atoms with E-state index in [9.17, 15) is 9.59 Å². The zero-order valence-corrected chi connectivity index (χ0v) is 9.20. The highest BCUT2D eigenvalue weighted by Crippen LogP contribution is 1.98. The van der Waals surface area contributed by atoms with E-state index in [1.165, 1.54) is 12.2 Å². The number of aromatic nitrogens is 2. The SMILES string of the molecule is Cn1cc(/C=C/C(=O)NC(CO)C(=O)O)cn1. The zero-order chi connectivity index (χ0) is 12.8. The quantitative estimate of drug-likeness (QED) is 0.571. The first-order valence-corrected chi connectivity index (χ1v) is 4.84. The number of aliphatic hydroxyl groups excluding tert-OH is 1. The van der Waals surface area contributed by atoms with Crippen molar-refractivity contribution in [3.63, 3.8) is 0 Å². The molecule has 1 amide bonds. The molecule has 1 aromatic rings. The van der Waals surface area contributed by atoms with Gasteiger partial charge in [-0.25, -0.2) is 4.79 Å². The third-order valence-electron chi connectivity index (χ3n) is 1.95. The van der Waals surface area contributed by atoms with Crippen molar-refractivity contribution in [2.24, 2.45) is 7.05 Å². The van der Waals surface area contributed by atoms with Crippen molar-refractivity contribution in [1.82, 2.24) is 15.1 Å². The highest BCUT2D eigenvalue weighted by molar-refractivity contribution is 5.94. The fourth-order valence-electron chi connectivity index (χ4n) is 1.10. The Hall–Kier alpha value is -2.15. The molecule has 0 saturated carbocycles. The van der Waals surface area contributed by atoms with Gasteiger partial charge in [0.25, 0.3) is 0 Å². The van der Waals surface area contributed by atoms with Gasteiger partial charge in [-0.3, -0.25) is 9.48 Å². The number of carboxylic acids is 1. The van der Waals surface area contributed by atoms with Crippen LogP contribution in [0.15, 0.2) is 18.5 Å².